The Kier molecular flexibility index (Phi) is 4.28. The fourth-order valence-corrected chi connectivity index (χ4v) is 2.71. The van der Waals surface area contributed by atoms with Crippen molar-refractivity contribution in [1.82, 2.24) is 0 Å². The summed E-state index contributed by atoms with van der Waals surface area (Å²) in [4.78, 5) is 2.47. The van der Waals surface area contributed by atoms with Gasteiger partial charge >= 0.3 is 0 Å². The maximum absolute atomic E-state index is 9.79. The second-order valence-electron chi connectivity index (χ2n) is 5.75. The van der Waals surface area contributed by atoms with Crippen LogP contribution in [0.4, 0.5) is 5.69 Å². The molecule has 0 spiro atoms. The first-order chi connectivity index (χ1) is 8.61. The average molecular weight is 247 g/mol. The van der Waals surface area contributed by atoms with Gasteiger partial charge in [0.1, 0.15) is 0 Å². The summed E-state index contributed by atoms with van der Waals surface area (Å²) in [6.45, 7) is 8.97. The summed E-state index contributed by atoms with van der Waals surface area (Å²) >= 11 is 0. The normalized spacial score (nSPS) is 21.6. The van der Waals surface area contributed by atoms with Crippen LogP contribution in [0.3, 0.4) is 0 Å². The third-order valence-electron chi connectivity index (χ3n) is 4.20. The molecule has 0 saturated carbocycles. The average Bonchev–Trinajstić information content (AvgIpc) is 2.88. The van der Waals surface area contributed by atoms with Crippen molar-refractivity contribution in [3.05, 3.63) is 29.8 Å². The van der Waals surface area contributed by atoms with E-state index in [0.717, 1.165) is 23.8 Å². The van der Waals surface area contributed by atoms with Crippen molar-refractivity contribution < 1.29 is 5.11 Å². The lowest BCUT2D eigenvalue weighted by Crippen LogP contribution is -2.21. The standard InChI is InChI=1S/C16H25NO/c1-4-16(18)13-5-7-15(8-6-13)17-10-9-14(11-17)12(2)3/h5-8,12,14,16,18H,4,9-11H2,1-3H3/t14?,16-/m0/s1. The SMILES string of the molecule is CC[C@H](O)c1ccc(N2CCC(C(C)C)C2)cc1. The molecule has 0 amide bonds. The Morgan fingerprint density at radius 1 is 1.28 bits per heavy atom. The molecule has 1 N–H and O–H groups in total. The number of nitrogens with zero attached hydrogens (tertiary/aromatic N) is 1. The van der Waals surface area contributed by atoms with Gasteiger partial charge in [0.05, 0.1) is 6.10 Å². The molecule has 0 radical (unpaired) electrons. The van der Waals surface area contributed by atoms with Crippen LogP contribution >= 0.6 is 0 Å². The lowest BCUT2D eigenvalue weighted by Gasteiger charge is -2.20. The largest absolute Gasteiger partial charge is 0.388 e. The van der Waals surface area contributed by atoms with E-state index in [2.05, 4.69) is 43.0 Å². The molecule has 0 aliphatic carbocycles. The second kappa shape index (κ2) is 5.75. The molecule has 1 aliphatic rings. The van der Waals surface area contributed by atoms with Gasteiger partial charge in [-0.1, -0.05) is 32.9 Å². The van der Waals surface area contributed by atoms with E-state index >= 15 is 0 Å². The van der Waals surface area contributed by atoms with E-state index < -0.39 is 0 Å². The van der Waals surface area contributed by atoms with Gasteiger partial charge < -0.3 is 10.0 Å². The highest BCUT2D eigenvalue weighted by Gasteiger charge is 2.24. The fraction of sp³-hybridized carbons (Fsp3) is 0.625. The predicted molar refractivity (Wildman–Crippen MR) is 76.9 cm³/mol. The summed E-state index contributed by atoms with van der Waals surface area (Å²) in [5.74, 6) is 1.60. The van der Waals surface area contributed by atoms with Crippen molar-refractivity contribution in [1.29, 1.82) is 0 Å². The van der Waals surface area contributed by atoms with Crippen molar-refractivity contribution in [2.75, 3.05) is 18.0 Å². The molecule has 2 nitrogen and oxygen atoms in total. The summed E-state index contributed by atoms with van der Waals surface area (Å²) < 4.78 is 0. The highest BCUT2D eigenvalue weighted by molar-refractivity contribution is 5.48. The van der Waals surface area contributed by atoms with E-state index in [0.29, 0.717) is 0 Å². The number of hydrogen-bond acceptors (Lipinski definition) is 2. The maximum Gasteiger partial charge on any atom is 0.0787 e. The minimum Gasteiger partial charge on any atom is -0.388 e. The van der Waals surface area contributed by atoms with E-state index in [1.807, 2.05) is 6.92 Å². The summed E-state index contributed by atoms with van der Waals surface area (Å²) in [6, 6.07) is 8.42. The van der Waals surface area contributed by atoms with Gasteiger partial charge in [0.15, 0.2) is 0 Å². The first-order valence-electron chi connectivity index (χ1n) is 7.14. The molecule has 2 heteroatoms. The summed E-state index contributed by atoms with van der Waals surface area (Å²) in [7, 11) is 0. The molecule has 1 heterocycles. The van der Waals surface area contributed by atoms with E-state index in [-0.39, 0.29) is 6.10 Å². The van der Waals surface area contributed by atoms with Crippen LogP contribution in [0, 0.1) is 11.8 Å². The number of aliphatic hydroxyl groups is 1. The molecule has 2 atom stereocenters. The summed E-state index contributed by atoms with van der Waals surface area (Å²) in [5, 5.41) is 9.79. The monoisotopic (exact) mass is 247 g/mol. The van der Waals surface area contributed by atoms with Crippen LogP contribution in [-0.2, 0) is 0 Å². The number of rotatable bonds is 4. The van der Waals surface area contributed by atoms with Crippen LogP contribution in [0.25, 0.3) is 0 Å². The summed E-state index contributed by atoms with van der Waals surface area (Å²) in [6.07, 6.45) is 1.76. The second-order valence-corrected chi connectivity index (χ2v) is 5.75. The van der Waals surface area contributed by atoms with E-state index in [1.54, 1.807) is 0 Å². The molecule has 1 saturated heterocycles. The van der Waals surface area contributed by atoms with Crippen LogP contribution in [-0.4, -0.2) is 18.2 Å². The van der Waals surface area contributed by atoms with Crippen LogP contribution in [0.15, 0.2) is 24.3 Å². The Morgan fingerprint density at radius 2 is 1.94 bits per heavy atom. The molecule has 1 aromatic carbocycles. The Balaban J connectivity index is 2.02. The molecule has 0 bridgehead atoms. The fourth-order valence-electron chi connectivity index (χ4n) is 2.71. The van der Waals surface area contributed by atoms with Crippen molar-refractivity contribution in [3.8, 4) is 0 Å². The van der Waals surface area contributed by atoms with Gasteiger partial charge in [-0.05, 0) is 42.4 Å². The topological polar surface area (TPSA) is 23.5 Å². The minimum atomic E-state index is -0.318. The molecule has 1 fully saturated rings. The van der Waals surface area contributed by atoms with Gasteiger partial charge in [-0.15, -0.1) is 0 Å². The van der Waals surface area contributed by atoms with Crippen molar-refractivity contribution >= 4 is 5.69 Å². The van der Waals surface area contributed by atoms with Crippen molar-refractivity contribution in [2.24, 2.45) is 11.8 Å². The van der Waals surface area contributed by atoms with E-state index in [4.69, 9.17) is 0 Å². The van der Waals surface area contributed by atoms with Crippen LogP contribution < -0.4 is 4.90 Å². The zero-order valence-corrected chi connectivity index (χ0v) is 11.8. The van der Waals surface area contributed by atoms with Gasteiger partial charge in [0.25, 0.3) is 0 Å². The van der Waals surface area contributed by atoms with Crippen molar-refractivity contribution in [2.45, 2.75) is 39.7 Å². The lowest BCUT2D eigenvalue weighted by molar-refractivity contribution is 0.173. The van der Waals surface area contributed by atoms with Crippen molar-refractivity contribution in [3.63, 3.8) is 0 Å². The van der Waals surface area contributed by atoms with Crippen LogP contribution in [0.1, 0.15) is 45.3 Å². The van der Waals surface area contributed by atoms with Gasteiger partial charge in [-0.3, -0.25) is 0 Å². The van der Waals surface area contributed by atoms with Gasteiger partial charge in [0, 0.05) is 18.8 Å². The third kappa shape index (κ3) is 2.86. The maximum atomic E-state index is 9.79. The number of hydrogen-bond donors (Lipinski definition) is 1. The molecular formula is C16H25NO. The Hall–Kier alpha value is -1.02. The zero-order valence-electron chi connectivity index (χ0n) is 11.8. The summed E-state index contributed by atoms with van der Waals surface area (Å²) in [5.41, 5.74) is 2.33. The minimum absolute atomic E-state index is 0.318. The molecule has 0 aromatic heterocycles. The molecule has 18 heavy (non-hydrogen) atoms. The number of aliphatic hydroxyl groups excluding tert-OH is 1. The molecular weight excluding hydrogens is 222 g/mol. The zero-order chi connectivity index (χ0) is 13.1. The highest BCUT2D eigenvalue weighted by atomic mass is 16.3. The Labute approximate surface area is 111 Å². The lowest BCUT2D eigenvalue weighted by atomic mass is 9.95. The quantitative estimate of drug-likeness (QED) is 0.878. The Morgan fingerprint density at radius 3 is 2.44 bits per heavy atom. The predicted octanol–water partition coefficient (Wildman–Crippen LogP) is 3.61. The molecule has 100 valence electrons. The molecule has 1 unspecified atom stereocenters. The Bertz CT molecular complexity index is 371. The van der Waals surface area contributed by atoms with Crippen LogP contribution in [0.5, 0.6) is 0 Å². The van der Waals surface area contributed by atoms with Gasteiger partial charge in [-0.2, -0.15) is 0 Å². The molecule has 1 aliphatic heterocycles. The van der Waals surface area contributed by atoms with Gasteiger partial charge in [-0.25, -0.2) is 0 Å². The van der Waals surface area contributed by atoms with E-state index in [1.165, 1.54) is 25.2 Å². The molecule has 2 rings (SSSR count). The van der Waals surface area contributed by atoms with Crippen LogP contribution in [0.2, 0.25) is 0 Å². The number of anilines is 1. The van der Waals surface area contributed by atoms with Gasteiger partial charge in [0.2, 0.25) is 0 Å². The number of benzene rings is 1. The highest BCUT2D eigenvalue weighted by Crippen LogP contribution is 2.29. The first kappa shape index (κ1) is 13.4. The van der Waals surface area contributed by atoms with E-state index in [9.17, 15) is 5.11 Å². The smallest absolute Gasteiger partial charge is 0.0787 e. The molecule has 1 aromatic rings. The third-order valence-corrected chi connectivity index (χ3v) is 4.20. The first-order valence-corrected chi connectivity index (χ1v) is 7.14.